The lowest BCUT2D eigenvalue weighted by molar-refractivity contribution is 0.654. The van der Waals surface area contributed by atoms with Crippen LogP contribution in [0, 0.1) is 0 Å². The summed E-state index contributed by atoms with van der Waals surface area (Å²) in [5.41, 5.74) is 9.68. The maximum Gasteiger partial charge on any atom is 0.227 e. The Labute approximate surface area is 287 Å². The average molecular weight is 642 g/mol. The molecule has 50 heavy (non-hydrogen) atoms. The fourth-order valence-electron chi connectivity index (χ4n) is 7.03. The van der Waals surface area contributed by atoms with Gasteiger partial charge in [-0.1, -0.05) is 109 Å². The molecule has 10 rings (SSSR count). The van der Waals surface area contributed by atoms with Crippen LogP contribution in [-0.2, 0) is 0 Å². The number of hydrogen-bond donors (Lipinski definition) is 0. The van der Waals surface area contributed by atoms with Crippen molar-refractivity contribution in [2.45, 2.75) is 0 Å². The van der Waals surface area contributed by atoms with Crippen LogP contribution in [0.5, 0.6) is 0 Å². The highest BCUT2D eigenvalue weighted by Crippen LogP contribution is 2.38. The second kappa shape index (κ2) is 11.4. The third-order valence-electron chi connectivity index (χ3n) is 9.32. The molecule has 6 nitrogen and oxygen atoms in total. The SMILES string of the molecule is c1ccc(-c2ccc3c(c2)c2ccccc2n3-c2cccc(-c3nc(-c4ccccc4)nc(-c4cccc5oc6ncccc6c45)n3)c2)cc1. The highest BCUT2D eigenvalue weighted by atomic mass is 16.3. The van der Waals surface area contributed by atoms with Gasteiger partial charge in [0.25, 0.3) is 0 Å². The molecule has 0 aliphatic heterocycles. The van der Waals surface area contributed by atoms with Crippen molar-refractivity contribution in [3.05, 3.63) is 164 Å². The molecule has 4 heterocycles. The van der Waals surface area contributed by atoms with E-state index in [1.54, 1.807) is 6.20 Å². The molecule has 0 amide bonds. The summed E-state index contributed by atoms with van der Waals surface area (Å²) >= 11 is 0. The van der Waals surface area contributed by atoms with E-state index in [0.29, 0.717) is 23.2 Å². The number of para-hydroxylation sites is 1. The molecular weight excluding hydrogens is 615 g/mol. The molecule has 10 aromatic rings. The minimum absolute atomic E-state index is 0.571. The van der Waals surface area contributed by atoms with Crippen molar-refractivity contribution in [2.75, 3.05) is 0 Å². The lowest BCUT2D eigenvalue weighted by Gasteiger charge is -2.12. The number of rotatable bonds is 5. The smallest absolute Gasteiger partial charge is 0.227 e. The molecule has 4 aromatic heterocycles. The topological polar surface area (TPSA) is 69.6 Å². The van der Waals surface area contributed by atoms with Crippen molar-refractivity contribution >= 4 is 43.9 Å². The standard InChI is InChI=1S/C44H27N5O/c1-3-12-28(13-4-1)30-23-24-38-36(27-30)33-18-7-8-21-37(33)49(38)32-17-9-16-31(26-32)42-46-41(29-14-5-2-6-15-29)47-43(48-42)34-19-10-22-39-40(34)35-20-11-25-45-44(35)50-39/h1-27H. The van der Waals surface area contributed by atoms with E-state index >= 15 is 0 Å². The molecule has 0 fully saturated rings. The number of pyridine rings is 1. The van der Waals surface area contributed by atoms with E-state index in [2.05, 4.69) is 107 Å². The predicted molar refractivity (Wildman–Crippen MR) is 201 cm³/mol. The van der Waals surface area contributed by atoms with Gasteiger partial charge in [0.15, 0.2) is 17.5 Å². The first-order valence-electron chi connectivity index (χ1n) is 16.6. The summed E-state index contributed by atoms with van der Waals surface area (Å²) in [6, 6.07) is 54.3. The summed E-state index contributed by atoms with van der Waals surface area (Å²) in [7, 11) is 0. The van der Waals surface area contributed by atoms with E-state index in [1.165, 1.54) is 21.9 Å². The van der Waals surface area contributed by atoms with E-state index < -0.39 is 0 Å². The summed E-state index contributed by atoms with van der Waals surface area (Å²) in [4.78, 5) is 19.7. The summed E-state index contributed by atoms with van der Waals surface area (Å²) in [5, 5.41) is 4.26. The zero-order chi connectivity index (χ0) is 33.0. The molecule has 0 atom stereocenters. The lowest BCUT2D eigenvalue weighted by atomic mass is 10.0. The summed E-state index contributed by atoms with van der Waals surface area (Å²) in [5.74, 6) is 1.76. The molecule has 0 aliphatic rings. The van der Waals surface area contributed by atoms with Gasteiger partial charge in [0.1, 0.15) is 5.58 Å². The van der Waals surface area contributed by atoms with Crippen molar-refractivity contribution < 1.29 is 4.42 Å². The highest BCUT2D eigenvalue weighted by molar-refractivity contribution is 6.11. The number of nitrogens with zero attached hydrogens (tertiary/aromatic N) is 5. The summed E-state index contributed by atoms with van der Waals surface area (Å²) in [6.45, 7) is 0. The molecule has 0 saturated carbocycles. The average Bonchev–Trinajstić information content (AvgIpc) is 3.74. The molecule has 0 spiro atoms. The maximum absolute atomic E-state index is 6.12. The van der Waals surface area contributed by atoms with Gasteiger partial charge >= 0.3 is 0 Å². The number of hydrogen-bond acceptors (Lipinski definition) is 5. The lowest BCUT2D eigenvalue weighted by Crippen LogP contribution is -2.01. The summed E-state index contributed by atoms with van der Waals surface area (Å²) in [6.07, 6.45) is 1.74. The first-order chi connectivity index (χ1) is 24.8. The minimum Gasteiger partial charge on any atom is -0.438 e. The third-order valence-corrected chi connectivity index (χ3v) is 9.32. The first-order valence-corrected chi connectivity index (χ1v) is 16.6. The van der Waals surface area contributed by atoms with E-state index in [0.717, 1.165) is 49.8 Å². The van der Waals surface area contributed by atoms with Gasteiger partial charge < -0.3 is 8.98 Å². The fraction of sp³-hybridized carbons (Fsp3) is 0. The van der Waals surface area contributed by atoms with Crippen LogP contribution in [0.3, 0.4) is 0 Å². The van der Waals surface area contributed by atoms with Crippen LogP contribution in [0.25, 0.3) is 94.9 Å². The quantitative estimate of drug-likeness (QED) is 0.187. The van der Waals surface area contributed by atoms with E-state index in [9.17, 15) is 0 Å². The zero-order valence-corrected chi connectivity index (χ0v) is 26.7. The van der Waals surface area contributed by atoms with E-state index in [-0.39, 0.29) is 0 Å². The second-order valence-electron chi connectivity index (χ2n) is 12.3. The molecular formula is C44H27N5O. The van der Waals surface area contributed by atoms with Gasteiger partial charge in [-0.15, -0.1) is 0 Å². The van der Waals surface area contributed by atoms with Crippen LogP contribution >= 0.6 is 0 Å². The fourth-order valence-corrected chi connectivity index (χ4v) is 7.03. The van der Waals surface area contributed by atoms with Gasteiger partial charge in [-0.25, -0.2) is 19.9 Å². The number of benzene rings is 6. The Balaban J connectivity index is 1.17. The van der Waals surface area contributed by atoms with Gasteiger partial charge in [-0.3, -0.25) is 0 Å². The van der Waals surface area contributed by atoms with Crippen LogP contribution < -0.4 is 0 Å². The molecule has 0 aliphatic carbocycles. The van der Waals surface area contributed by atoms with Crippen molar-refractivity contribution in [2.24, 2.45) is 0 Å². The molecule has 0 radical (unpaired) electrons. The van der Waals surface area contributed by atoms with E-state index in [4.69, 9.17) is 19.4 Å². The van der Waals surface area contributed by atoms with Crippen LogP contribution in [0.1, 0.15) is 0 Å². The normalized spacial score (nSPS) is 11.6. The van der Waals surface area contributed by atoms with Crippen LogP contribution in [0.4, 0.5) is 0 Å². The number of furan rings is 1. The third kappa shape index (κ3) is 4.58. The largest absolute Gasteiger partial charge is 0.438 e. The van der Waals surface area contributed by atoms with Crippen molar-refractivity contribution in [3.8, 4) is 51.0 Å². The van der Waals surface area contributed by atoms with Gasteiger partial charge in [0, 0.05) is 50.1 Å². The molecule has 0 bridgehead atoms. The Morgan fingerprint density at radius 2 is 1.12 bits per heavy atom. The minimum atomic E-state index is 0.571. The van der Waals surface area contributed by atoms with Gasteiger partial charge in [0.05, 0.1) is 11.0 Å². The van der Waals surface area contributed by atoms with Crippen molar-refractivity contribution in [1.82, 2.24) is 24.5 Å². The van der Waals surface area contributed by atoms with E-state index in [1.807, 2.05) is 60.7 Å². The Kier molecular flexibility index (Phi) is 6.39. The Hall–Kier alpha value is -6.92. The van der Waals surface area contributed by atoms with Gasteiger partial charge in [0.2, 0.25) is 5.71 Å². The molecule has 6 heteroatoms. The second-order valence-corrected chi connectivity index (χ2v) is 12.3. The van der Waals surface area contributed by atoms with Crippen molar-refractivity contribution in [1.29, 1.82) is 0 Å². The Morgan fingerprint density at radius 3 is 1.98 bits per heavy atom. The first kappa shape index (κ1) is 28.1. The molecule has 0 unspecified atom stereocenters. The molecule has 234 valence electrons. The predicted octanol–water partition coefficient (Wildman–Crippen LogP) is 10.9. The molecule has 0 N–H and O–H groups in total. The molecule has 6 aromatic carbocycles. The zero-order valence-electron chi connectivity index (χ0n) is 26.7. The van der Waals surface area contributed by atoms with Gasteiger partial charge in [-0.05, 0) is 59.7 Å². The van der Waals surface area contributed by atoms with Crippen LogP contribution in [0.15, 0.2) is 168 Å². The van der Waals surface area contributed by atoms with Gasteiger partial charge in [-0.2, -0.15) is 0 Å². The Morgan fingerprint density at radius 1 is 0.440 bits per heavy atom. The van der Waals surface area contributed by atoms with Crippen LogP contribution in [-0.4, -0.2) is 24.5 Å². The maximum atomic E-state index is 6.12. The molecule has 0 saturated heterocycles. The monoisotopic (exact) mass is 641 g/mol. The van der Waals surface area contributed by atoms with Crippen molar-refractivity contribution in [3.63, 3.8) is 0 Å². The summed E-state index contributed by atoms with van der Waals surface area (Å²) < 4.78 is 8.45. The Bertz CT molecular complexity index is 2870. The number of fused-ring (bicyclic) bond motifs is 6. The number of aromatic nitrogens is 5. The van der Waals surface area contributed by atoms with Crippen LogP contribution in [0.2, 0.25) is 0 Å². The highest BCUT2D eigenvalue weighted by Gasteiger charge is 2.19.